The minimum Gasteiger partial charge on any atom is -0.352 e. The van der Waals surface area contributed by atoms with Crippen molar-refractivity contribution in [2.75, 3.05) is 13.1 Å². The van der Waals surface area contributed by atoms with Crippen LogP contribution in [0.25, 0.3) is 5.65 Å². The van der Waals surface area contributed by atoms with E-state index in [2.05, 4.69) is 10.3 Å². The zero-order valence-corrected chi connectivity index (χ0v) is 14.3. The fourth-order valence-electron chi connectivity index (χ4n) is 3.21. The molecule has 0 bridgehead atoms. The molecule has 3 rings (SSSR count). The Labute approximate surface area is 141 Å². The number of aromatic nitrogens is 2. The van der Waals surface area contributed by atoms with E-state index in [-0.39, 0.29) is 17.9 Å². The first-order valence-electron chi connectivity index (χ1n) is 8.57. The van der Waals surface area contributed by atoms with Crippen molar-refractivity contribution in [3.05, 3.63) is 35.8 Å². The fraction of sp³-hybridized carbons (Fsp3) is 0.500. The van der Waals surface area contributed by atoms with Gasteiger partial charge in [-0.2, -0.15) is 0 Å². The van der Waals surface area contributed by atoms with Gasteiger partial charge in [-0.15, -0.1) is 0 Å². The van der Waals surface area contributed by atoms with Gasteiger partial charge < -0.3 is 14.6 Å². The van der Waals surface area contributed by atoms with Crippen LogP contribution in [0.2, 0.25) is 0 Å². The third-order valence-electron chi connectivity index (χ3n) is 4.52. The van der Waals surface area contributed by atoms with Crippen LogP contribution in [0.5, 0.6) is 0 Å². The standard InChI is InChI=1S/C18H24N4O2/c1-3-16(23)19-14-7-5-8-21(11-14)17(24)10-15-12-22-9-4-6-13(2)18(22)20-15/h4,6,9,12,14H,3,5,7-8,10-11H2,1-2H3,(H,19,23)/t14-/m1/s1. The first-order valence-corrected chi connectivity index (χ1v) is 8.57. The van der Waals surface area contributed by atoms with Crippen molar-refractivity contribution in [3.63, 3.8) is 0 Å². The molecule has 2 aromatic rings. The second-order valence-corrected chi connectivity index (χ2v) is 6.43. The molecule has 128 valence electrons. The highest BCUT2D eigenvalue weighted by molar-refractivity contribution is 5.79. The Kier molecular flexibility index (Phi) is 4.83. The number of amides is 2. The molecule has 2 amide bonds. The van der Waals surface area contributed by atoms with E-state index >= 15 is 0 Å². The number of piperidine rings is 1. The Hall–Kier alpha value is -2.37. The van der Waals surface area contributed by atoms with E-state index in [1.807, 2.05) is 47.7 Å². The molecule has 0 aliphatic carbocycles. The molecule has 1 N–H and O–H groups in total. The van der Waals surface area contributed by atoms with Gasteiger partial charge in [0.1, 0.15) is 5.65 Å². The van der Waals surface area contributed by atoms with Crippen molar-refractivity contribution in [2.24, 2.45) is 0 Å². The smallest absolute Gasteiger partial charge is 0.228 e. The predicted octanol–water partition coefficient (Wildman–Crippen LogP) is 1.70. The van der Waals surface area contributed by atoms with Crippen LogP contribution in [0.1, 0.15) is 37.4 Å². The molecule has 6 heteroatoms. The molecule has 0 saturated carbocycles. The normalized spacial score (nSPS) is 17.9. The van der Waals surface area contributed by atoms with E-state index in [1.54, 1.807) is 0 Å². The number of likely N-dealkylation sites (tertiary alicyclic amines) is 1. The Morgan fingerprint density at radius 3 is 3.00 bits per heavy atom. The molecule has 1 fully saturated rings. The molecule has 0 spiro atoms. The van der Waals surface area contributed by atoms with Crippen LogP contribution in [0.4, 0.5) is 0 Å². The second-order valence-electron chi connectivity index (χ2n) is 6.43. The lowest BCUT2D eigenvalue weighted by molar-refractivity contribution is -0.133. The van der Waals surface area contributed by atoms with Gasteiger partial charge in [-0.1, -0.05) is 13.0 Å². The second kappa shape index (κ2) is 7.03. The number of hydrogen-bond acceptors (Lipinski definition) is 3. The molecule has 1 aliphatic rings. The van der Waals surface area contributed by atoms with Gasteiger partial charge in [0.05, 0.1) is 12.1 Å². The van der Waals surface area contributed by atoms with E-state index < -0.39 is 0 Å². The zero-order valence-electron chi connectivity index (χ0n) is 14.3. The van der Waals surface area contributed by atoms with Crippen LogP contribution in [0, 0.1) is 6.92 Å². The molecule has 24 heavy (non-hydrogen) atoms. The topological polar surface area (TPSA) is 66.7 Å². The highest BCUT2D eigenvalue weighted by Crippen LogP contribution is 2.14. The van der Waals surface area contributed by atoms with Crippen LogP contribution in [-0.2, 0) is 16.0 Å². The van der Waals surface area contributed by atoms with Crippen molar-refractivity contribution in [1.29, 1.82) is 0 Å². The summed E-state index contributed by atoms with van der Waals surface area (Å²) in [6, 6.07) is 4.05. The van der Waals surface area contributed by atoms with Gasteiger partial charge in [0, 0.05) is 37.9 Å². The molecule has 0 aromatic carbocycles. The summed E-state index contributed by atoms with van der Waals surface area (Å²) in [5, 5.41) is 2.99. The summed E-state index contributed by atoms with van der Waals surface area (Å²) in [4.78, 5) is 30.6. The summed E-state index contributed by atoms with van der Waals surface area (Å²) in [6.07, 6.45) is 6.50. The lowest BCUT2D eigenvalue weighted by atomic mass is 10.0. The predicted molar refractivity (Wildman–Crippen MR) is 91.7 cm³/mol. The number of carbonyl (C=O) groups is 2. The van der Waals surface area contributed by atoms with E-state index in [0.29, 0.717) is 19.4 Å². The lowest BCUT2D eigenvalue weighted by Crippen LogP contribution is -2.49. The maximum atomic E-state index is 12.6. The molecule has 0 radical (unpaired) electrons. The number of carbonyl (C=O) groups excluding carboxylic acids is 2. The van der Waals surface area contributed by atoms with Gasteiger partial charge in [-0.25, -0.2) is 4.98 Å². The van der Waals surface area contributed by atoms with E-state index in [1.165, 1.54) is 0 Å². The number of hydrogen-bond donors (Lipinski definition) is 1. The largest absolute Gasteiger partial charge is 0.352 e. The number of rotatable bonds is 4. The van der Waals surface area contributed by atoms with Gasteiger partial charge in [-0.3, -0.25) is 9.59 Å². The van der Waals surface area contributed by atoms with Crippen LogP contribution in [-0.4, -0.2) is 45.2 Å². The first kappa shape index (κ1) is 16.5. The summed E-state index contributed by atoms with van der Waals surface area (Å²) in [6.45, 7) is 5.20. The molecule has 3 heterocycles. The van der Waals surface area contributed by atoms with Crippen LogP contribution >= 0.6 is 0 Å². The summed E-state index contributed by atoms with van der Waals surface area (Å²) in [5.41, 5.74) is 2.78. The number of nitrogens with one attached hydrogen (secondary N) is 1. The molecule has 2 aromatic heterocycles. The molecule has 1 saturated heterocycles. The van der Waals surface area contributed by atoms with Crippen molar-refractivity contribution in [3.8, 4) is 0 Å². The Morgan fingerprint density at radius 1 is 1.42 bits per heavy atom. The first-order chi connectivity index (χ1) is 11.6. The zero-order chi connectivity index (χ0) is 17.1. The number of fused-ring (bicyclic) bond motifs is 1. The average molecular weight is 328 g/mol. The molecule has 0 unspecified atom stereocenters. The van der Waals surface area contributed by atoms with Gasteiger partial charge in [0.15, 0.2) is 0 Å². The number of pyridine rings is 1. The minimum atomic E-state index is 0.0464. The van der Waals surface area contributed by atoms with E-state index in [0.717, 1.165) is 36.3 Å². The molecular weight excluding hydrogens is 304 g/mol. The molecule has 1 atom stereocenters. The van der Waals surface area contributed by atoms with E-state index in [4.69, 9.17) is 0 Å². The SMILES string of the molecule is CCC(=O)N[C@@H]1CCCN(C(=O)Cc2cn3cccc(C)c3n2)C1. The summed E-state index contributed by atoms with van der Waals surface area (Å²) in [7, 11) is 0. The Morgan fingerprint density at radius 2 is 2.25 bits per heavy atom. The van der Waals surface area contributed by atoms with Crippen molar-refractivity contribution in [2.45, 2.75) is 45.6 Å². The van der Waals surface area contributed by atoms with Crippen LogP contribution in [0.3, 0.4) is 0 Å². The molecule has 6 nitrogen and oxygen atoms in total. The maximum absolute atomic E-state index is 12.6. The molecule has 1 aliphatic heterocycles. The monoisotopic (exact) mass is 328 g/mol. The Balaban J connectivity index is 1.65. The lowest BCUT2D eigenvalue weighted by Gasteiger charge is -2.33. The van der Waals surface area contributed by atoms with Crippen molar-refractivity contribution < 1.29 is 9.59 Å². The highest BCUT2D eigenvalue weighted by Gasteiger charge is 2.25. The third kappa shape index (κ3) is 3.58. The third-order valence-corrected chi connectivity index (χ3v) is 4.52. The minimum absolute atomic E-state index is 0.0464. The summed E-state index contributed by atoms with van der Waals surface area (Å²) in [5.74, 6) is 0.122. The Bertz CT molecular complexity index is 753. The fourth-order valence-corrected chi connectivity index (χ4v) is 3.21. The highest BCUT2D eigenvalue weighted by atomic mass is 16.2. The summed E-state index contributed by atoms with van der Waals surface area (Å²) < 4.78 is 1.96. The van der Waals surface area contributed by atoms with Crippen LogP contribution < -0.4 is 5.32 Å². The van der Waals surface area contributed by atoms with Gasteiger partial charge in [0.25, 0.3) is 0 Å². The number of nitrogens with zero attached hydrogens (tertiary/aromatic N) is 3. The number of aryl methyl sites for hydroxylation is 1. The van der Waals surface area contributed by atoms with E-state index in [9.17, 15) is 9.59 Å². The van der Waals surface area contributed by atoms with Gasteiger partial charge in [-0.05, 0) is 31.4 Å². The maximum Gasteiger partial charge on any atom is 0.228 e. The van der Waals surface area contributed by atoms with Gasteiger partial charge >= 0.3 is 0 Å². The average Bonchev–Trinajstić information content (AvgIpc) is 2.99. The summed E-state index contributed by atoms with van der Waals surface area (Å²) >= 11 is 0. The molecular formula is C18H24N4O2. The number of imidazole rings is 1. The van der Waals surface area contributed by atoms with Crippen molar-refractivity contribution in [1.82, 2.24) is 19.6 Å². The van der Waals surface area contributed by atoms with Gasteiger partial charge in [0.2, 0.25) is 11.8 Å². The van der Waals surface area contributed by atoms with Crippen LogP contribution in [0.15, 0.2) is 24.5 Å². The van der Waals surface area contributed by atoms with Crippen molar-refractivity contribution >= 4 is 17.5 Å². The quantitative estimate of drug-likeness (QED) is 0.929.